The molecule has 2 N–H and O–H groups in total. The van der Waals surface area contributed by atoms with E-state index in [2.05, 4.69) is 29.1 Å². The number of piperidine rings is 1. The van der Waals surface area contributed by atoms with Gasteiger partial charge in [-0.2, -0.15) is 0 Å². The Morgan fingerprint density at radius 2 is 2.40 bits per heavy atom. The molecule has 2 heterocycles. The first-order chi connectivity index (χ1) is 7.29. The number of nitrogens with one attached hydrogen (secondary N) is 1. The van der Waals surface area contributed by atoms with Crippen LogP contribution in [0.15, 0.2) is 18.5 Å². The van der Waals surface area contributed by atoms with Gasteiger partial charge in [0.15, 0.2) is 0 Å². The number of hydrogen-bond acceptors (Lipinski definition) is 2. The van der Waals surface area contributed by atoms with Gasteiger partial charge in [-0.25, -0.2) is 0 Å². The lowest BCUT2D eigenvalue weighted by Gasteiger charge is -2.37. The topological polar surface area (TPSA) is 39.3 Å². The molecule has 0 amide bonds. The zero-order valence-electron chi connectivity index (χ0n) is 9.32. The van der Waals surface area contributed by atoms with Gasteiger partial charge in [0, 0.05) is 38.1 Å². The first kappa shape index (κ1) is 10.7. The smallest absolute Gasteiger partial charge is 0.0471 e. The van der Waals surface area contributed by atoms with Crippen molar-refractivity contribution in [3.8, 4) is 0 Å². The number of nitrogens with zero attached hydrogens (tertiary/aromatic N) is 1. The maximum Gasteiger partial charge on any atom is 0.0471 e. The molecule has 0 radical (unpaired) electrons. The molecule has 1 aliphatic rings. The molecule has 0 aromatic carbocycles. The predicted molar refractivity (Wildman–Crippen MR) is 60.5 cm³/mol. The summed E-state index contributed by atoms with van der Waals surface area (Å²) in [6.07, 6.45) is 6.39. The van der Waals surface area contributed by atoms with Gasteiger partial charge in [0.1, 0.15) is 0 Å². The molecule has 0 spiro atoms. The summed E-state index contributed by atoms with van der Waals surface area (Å²) in [5, 5.41) is 9.19. The molecule has 1 aromatic heterocycles. The molecule has 2 rings (SSSR count). The van der Waals surface area contributed by atoms with Gasteiger partial charge in [-0.1, -0.05) is 0 Å². The van der Waals surface area contributed by atoms with Crippen molar-refractivity contribution in [2.45, 2.75) is 32.4 Å². The van der Waals surface area contributed by atoms with Crippen LogP contribution in [0.2, 0.25) is 0 Å². The van der Waals surface area contributed by atoms with Crippen LogP contribution in [-0.4, -0.2) is 34.2 Å². The van der Waals surface area contributed by atoms with E-state index in [1.165, 1.54) is 18.4 Å². The summed E-state index contributed by atoms with van der Waals surface area (Å²) in [6, 6.07) is 2.76. The van der Waals surface area contributed by atoms with Gasteiger partial charge in [-0.3, -0.25) is 4.90 Å². The molecule has 15 heavy (non-hydrogen) atoms. The fraction of sp³-hybridized carbons (Fsp3) is 0.667. The van der Waals surface area contributed by atoms with Crippen LogP contribution in [0.3, 0.4) is 0 Å². The van der Waals surface area contributed by atoms with E-state index in [0.29, 0.717) is 18.6 Å². The highest BCUT2D eigenvalue weighted by Gasteiger charge is 2.24. The quantitative estimate of drug-likeness (QED) is 0.792. The second-order valence-electron chi connectivity index (χ2n) is 4.62. The second-order valence-corrected chi connectivity index (χ2v) is 4.62. The SMILES string of the molecule is CC1CCC(CO)CN1Cc1cc[nH]c1. The van der Waals surface area contributed by atoms with Crippen molar-refractivity contribution >= 4 is 0 Å². The number of likely N-dealkylation sites (tertiary alicyclic amines) is 1. The van der Waals surface area contributed by atoms with Crippen molar-refractivity contribution in [2.24, 2.45) is 5.92 Å². The largest absolute Gasteiger partial charge is 0.396 e. The first-order valence-electron chi connectivity index (χ1n) is 5.76. The maximum absolute atomic E-state index is 9.19. The van der Waals surface area contributed by atoms with E-state index in [9.17, 15) is 5.11 Å². The van der Waals surface area contributed by atoms with Crippen LogP contribution in [0.4, 0.5) is 0 Å². The molecule has 2 unspecified atom stereocenters. The Hall–Kier alpha value is -0.800. The minimum Gasteiger partial charge on any atom is -0.396 e. The molecule has 1 fully saturated rings. The summed E-state index contributed by atoms with van der Waals surface area (Å²) in [7, 11) is 0. The maximum atomic E-state index is 9.19. The van der Waals surface area contributed by atoms with E-state index in [1.54, 1.807) is 0 Å². The van der Waals surface area contributed by atoms with E-state index in [0.717, 1.165) is 13.1 Å². The molecule has 0 saturated carbocycles. The molecule has 84 valence electrons. The zero-order chi connectivity index (χ0) is 10.7. The van der Waals surface area contributed by atoms with Crippen LogP contribution >= 0.6 is 0 Å². The third kappa shape index (κ3) is 2.61. The fourth-order valence-corrected chi connectivity index (χ4v) is 2.32. The third-order valence-electron chi connectivity index (χ3n) is 3.41. The van der Waals surface area contributed by atoms with E-state index in [4.69, 9.17) is 0 Å². The van der Waals surface area contributed by atoms with Crippen LogP contribution in [0, 0.1) is 5.92 Å². The van der Waals surface area contributed by atoms with Gasteiger partial charge in [-0.05, 0) is 37.3 Å². The van der Waals surface area contributed by atoms with Crippen molar-refractivity contribution in [2.75, 3.05) is 13.2 Å². The average Bonchev–Trinajstić information content (AvgIpc) is 2.74. The minimum absolute atomic E-state index is 0.330. The van der Waals surface area contributed by atoms with Crippen molar-refractivity contribution in [1.29, 1.82) is 0 Å². The van der Waals surface area contributed by atoms with Gasteiger partial charge >= 0.3 is 0 Å². The molecular weight excluding hydrogens is 188 g/mol. The Kier molecular flexibility index (Phi) is 3.44. The number of rotatable bonds is 3. The van der Waals surface area contributed by atoms with Gasteiger partial charge in [-0.15, -0.1) is 0 Å². The van der Waals surface area contributed by atoms with E-state index in [-0.39, 0.29) is 0 Å². The van der Waals surface area contributed by atoms with Gasteiger partial charge in [0.05, 0.1) is 0 Å². The number of aliphatic hydroxyl groups excluding tert-OH is 1. The van der Waals surface area contributed by atoms with Crippen molar-refractivity contribution < 1.29 is 5.11 Å². The molecule has 0 bridgehead atoms. The summed E-state index contributed by atoms with van der Waals surface area (Å²) in [5.41, 5.74) is 1.33. The summed E-state index contributed by atoms with van der Waals surface area (Å²) in [5.74, 6) is 0.472. The fourth-order valence-electron chi connectivity index (χ4n) is 2.32. The van der Waals surface area contributed by atoms with Crippen LogP contribution in [0.25, 0.3) is 0 Å². The van der Waals surface area contributed by atoms with Crippen molar-refractivity contribution in [1.82, 2.24) is 9.88 Å². The molecule has 0 aliphatic carbocycles. The molecule has 1 aliphatic heterocycles. The van der Waals surface area contributed by atoms with E-state index >= 15 is 0 Å². The number of hydrogen-bond donors (Lipinski definition) is 2. The minimum atomic E-state index is 0.330. The molecule has 3 heteroatoms. The summed E-state index contributed by atoms with van der Waals surface area (Å²) >= 11 is 0. The highest BCUT2D eigenvalue weighted by atomic mass is 16.3. The number of aromatic amines is 1. The Bertz CT molecular complexity index is 284. The Labute approximate surface area is 91.1 Å². The van der Waals surface area contributed by atoms with E-state index < -0.39 is 0 Å². The number of aliphatic hydroxyl groups is 1. The molecule has 2 atom stereocenters. The number of aromatic nitrogens is 1. The van der Waals surface area contributed by atoms with Crippen LogP contribution in [0.5, 0.6) is 0 Å². The second kappa shape index (κ2) is 4.81. The van der Waals surface area contributed by atoms with Gasteiger partial charge < -0.3 is 10.1 Å². The molecule has 1 saturated heterocycles. The summed E-state index contributed by atoms with van der Waals surface area (Å²) in [6.45, 7) is 4.64. The lowest BCUT2D eigenvalue weighted by molar-refractivity contribution is 0.0772. The average molecular weight is 208 g/mol. The monoisotopic (exact) mass is 208 g/mol. The molecule has 1 aromatic rings. The summed E-state index contributed by atoms with van der Waals surface area (Å²) in [4.78, 5) is 5.55. The van der Waals surface area contributed by atoms with Crippen LogP contribution < -0.4 is 0 Å². The third-order valence-corrected chi connectivity index (χ3v) is 3.41. The summed E-state index contributed by atoms with van der Waals surface area (Å²) < 4.78 is 0. The van der Waals surface area contributed by atoms with Crippen LogP contribution in [0.1, 0.15) is 25.3 Å². The van der Waals surface area contributed by atoms with Crippen molar-refractivity contribution in [3.63, 3.8) is 0 Å². The Morgan fingerprint density at radius 3 is 3.07 bits per heavy atom. The standard InChI is InChI=1S/C12H20N2O/c1-10-2-3-12(9-15)8-14(10)7-11-4-5-13-6-11/h4-6,10,12-13,15H,2-3,7-9H2,1H3. The Morgan fingerprint density at radius 1 is 1.53 bits per heavy atom. The Balaban J connectivity index is 1.94. The first-order valence-corrected chi connectivity index (χ1v) is 5.76. The molecule has 3 nitrogen and oxygen atoms in total. The highest BCUT2D eigenvalue weighted by Crippen LogP contribution is 2.23. The molecular formula is C12H20N2O. The highest BCUT2D eigenvalue weighted by molar-refractivity contribution is 5.08. The van der Waals surface area contributed by atoms with Crippen LogP contribution in [-0.2, 0) is 6.54 Å². The lowest BCUT2D eigenvalue weighted by atomic mass is 9.94. The zero-order valence-corrected chi connectivity index (χ0v) is 9.32. The van der Waals surface area contributed by atoms with Crippen molar-refractivity contribution in [3.05, 3.63) is 24.0 Å². The van der Waals surface area contributed by atoms with Gasteiger partial charge in [0.2, 0.25) is 0 Å². The van der Waals surface area contributed by atoms with E-state index in [1.807, 2.05) is 6.20 Å². The normalized spacial score (nSPS) is 28.1. The lowest BCUT2D eigenvalue weighted by Crippen LogP contribution is -2.42. The predicted octanol–water partition coefficient (Wildman–Crippen LogP) is 1.61. The number of H-pyrrole nitrogens is 1. The van der Waals surface area contributed by atoms with Gasteiger partial charge in [0.25, 0.3) is 0 Å².